The van der Waals surface area contributed by atoms with Crippen LogP contribution >= 0.6 is 0 Å². The highest BCUT2D eigenvalue weighted by Gasteiger charge is 2.08. The molecular weight excluding hydrogens is 368 g/mol. The molecule has 3 rings (SSSR count). The fraction of sp³-hybridized carbons (Fsp3) is 0.130. The molecule has 0 aliphatic rings. The number of aryl methyl sites for hydroxylation is 2. The maximum atomic E-state index is 11.8. The van der Waals surface area contributed by atoms with Gasteiger partial charge in [-0.2, -0.15) is 0 Å². The van der Waals surface area contributed by atoms with Crippen LogP contribution in [0.2, 0.25) is 0 Å². The number of carbonyl (C=O) groups is 2. The van der Waals surface area contributed by atoms with Gasteiger partial charge in [0.15, 0.2) is 0 Å². The number of hydrogen-bond acceptors (Lipinski definition) is 5. The normalized spacial score (nSPS) is 9.86. The molecule has 0 aliphatic carbocycles. The predicted octanol–water partition coefficient (Wildman–Crippen LogP) is 4.21. The van der Waals surface area contributed by atoms with Crippen LogP contribution in [0, 0.1) is 13.8 Å². The van der Waals surface area contributed by atoms with Crippen LogP contribution in [0.1, 0.15) is 37.4 Å². The maximum absolute atomic E-state index is 11.8. The topological polar surface area (TPSA) is 116 Å². The molecule has 0 atom stereocenters. The molecule has 0 saturated heterocycles. The molecule has 3 aromatic carbocycles. The minimum absolute atomic E-state index is 0.230. The van der Waals surface area contributed by atoms with E-state index in [9.17, 15) is 9.59 Å². The minimum atomic E-state index is -0.947. The number of nitrogen functional groups attached to an aromatic ring is 2. The second-order valence-corrected chi connectivity index (χ2v) is 6.51. The van der Waals surface area contributed by atoms with E-state index in [0.29, 0.717) is 16.9 Å². The van der Waals surface area contributed by atoms with E-state index in [4.69, 9.17) is 21.3 Å². The molecule has 0 aliphatic heterocycles. The molecule has 0 amide bonds. The molecule has 0 bridgehead atoms. The van der Waals surface area contributed by atoms with E-state index in [1.54, 1.807) is 18.2 Å². The first-order valence-electron chi connectivity index (χ1n) is 8.94. The van der Waals surface area contributed by atoms with Crippen molar-refractivity contribution in [1.82, 2.24) is 0 Å². The fourth-order valence-corrected chi connectivity index (χ4v) is 2.35. The van der Waals surface area contributed by atoms with E-state index in [1.807, 2.05) is 50.2 Å². The Bertz CT molecular complexity index is 1000. The molecule has 6 heteroatoms. The summed E-state index contributed by atoms with van der Waals surface area (Å²) >= 11 is 0. The Morgan fingerprint density at radius 1 is 0.828 bits per heavy atom. The van der Waals surface area contributed by atoms with Gasteiger partial charge in [0.25, 0.3) is 0 Å². The number of carboxylic acid groups (broad SMARTS) is 1. The van der Waals surface area contributed by atoms with Crippen LogP contribution in [0.25, 0.3) is 0 Å². The van der Waals surface area contributed by atoms with Gasteiger partial charge in [-0.1, -0.05) is 42.5 Å². The molecule has 0 spiro atoms. The molecule has 0 radical (unpaired) electrons. The first-order chi connectivity index (χ1) is 13.8. The van der Waals surface area contributed by atoms with Gasteiger partial charge < -0.3 is 21.3 Å². The largest absolute Gasteiger partial charge is 0.478 e. The number of hydrogen-bond donors (Lipinski definition) is 3. The molecule has 29 heavy (non-hydrogen) atoms. The lowest BCUT2D eigenvalue weighted by atomic mass is 10.1. The molecule has 6 nitrogen and oxygen atoms in total. The van der Waals surface area contributed by atoms with Crippen LogP contribution in [0.15, 0.2) is 66.7 Å². The minimum Gasteiger partial charge on any atom is -0.478 e. The Labute approximate surface area is 169 Å². The van der Waals surface area contributed by atoms with Crippen LogP contribution in [0.5, 0.6) is 0 Å². The smallest absolute Gasteiger partial charge is 0.338 e. The Morgan fingerprint density at radius 2 is 1.34 bits per heavy atom. The van der Waals surface area contributed by atoms with Crippen molar-refractivity contribution in [1.29, 1.82) is 0 Å². The van der Waals surface area contributed by atoms with Crippen LogP contribution < -0.4 is 11.5 Å². The molecule has 0 saturated carbocycles. The number of carbonyl (C=O) groups excluding carboxylic acids is 1. The maximum Gasteiger partial charge on any atom is 0.338 e. The number of nitrogens with two attached hydrogens (primary N) is 2. The Kier molecular flexibility index (Phi) is 7.37. The van der Waals surface area contributed by atoms with Crippen molar-refractivity contribution >= 4 is 23.3 Å². The van der Waals surface area contributed by atoms with Gasteiger partial charge in [0.1, 0.15) is 6.61 Å². The van der Waals surface area contributed by atoms with Gasteiger partial charge in [-0.05, 0) is 54.8 Å². The second-order valence-electron chi connectivity index (χ2n) is 6.51. The average molecular weight is 392 g/mol. The zero-order valence-electron chi connectivity index (χ0n) is 16.4. The number of benzene rings is 3. The van der Waals surface area contributed by atoms with Crippen molar-refractivity contribution in [3.63, 3.8) is 0 Å². The first-order valence-corrected chi connectivity index (χ1v) is 8.94. The monoisotopic (exact) mass is 392 g/mol. The van der Waals surface area contributed by atoms with Gasteiger partial charge in [0, 0.05) is 11.4 Å². The summed E-state index contributed by atoms with van der Waals surface area (Å²) in [4.78, 5) is 22.2. The summed E-state index contributed by atoms with van der Waals surface area (Å²) in [5.41, 5.74) is 15.9. The van der Waals surface area contributed by atoms with Gasteiger partial charge in [-0.15, -0.1) is 0 Å². The molecule has 0 fully saturated rings. The van der Waals surface area contributed by atoms with E-state index in [-0.39, 0.29) is 18.1 Å². The van der Waals surface area contributed by atoms with Crippen LogP contribution in [-0.2, 0) is 11.3 Å². The number of ether oxygens (including phenoxy) is 1. The quantitative estimate of drug-likeness (QED) is 0.452. The number of rotatable bonds is 4. The Hall–Kier alpha value is -3.80. The third-order valence-electron chi connectivity index (χ3n) is 4.25. The standard InChI is InChI=1S/C15H15NO2.C8H9NO2/c1-11-7-8-13(9-14(11)16)15(17)18-10-12-5-3-2-4-6-12;1-5-2-3-6(8(10)11)4-7(5)9/h2-9H,10,16H2,1H3;2-4H,9H2,1H3,(H,10,11). The molecule has 0 heterocycles. The highest BCUT2D eigenvalue weighted by Crippen LogP contribution is 2.14. The predicted molar refractivity (Wildman–Crippen MR) is 114 cm³/mol. The lowest BCUT2D eigenvalue weighted by molar-refractivity contribution is 0.0472. The van der Waals surface area contributed by atoms with E-state index >= 15 is 0 Å². The molecule has 0 aromatic heterocycles. The molecule has 3 aromatic rings. The number of aromatic carboxylic acids is 1. The highest BCUT2D eigenvalue weighted by atomic mass is 16.5. The van der Waals surface area contributed by atoms with Gasteiger partial charge in [0.05, 0.1) is 11.1 Å². The first kappa shape index (κ1) is 21.5. The summed E-state index contributed by atoms with van der Waals surface area (Å²) < 4.78 is 5.21. The van der Waals surface area contributed by atoms with E-state index in [0.717, 1.165) is 16.7 Å². The van der Waals surface area contributed by atoms with Crippen molar-refractivity contribution in [3.05, 3.63) is 94.5 Å². The van der Waals surface area contributed by atoms with Gasteiger partial charge in [0.2, 0.25) is 0 Å². The SMILES string of the molecule is Cc1ccc(C(=O)O)cc1N.Cc1ccc(C(=O)OCc2ccccc2)cc1N. The van der Waals surface area contributed by atoms with Crippen molar-refractivity contribution in [2.75, 3.05) is 11.5 Å². The fourth-order valence-electron chi connectivity index (χ4n) is 2.35. The van der Waals surface area contributed by atoms with Crippen molar-refractivity contribution in [3.8, 4) is 0 Å². The van der Waals surface area contributed by atoms with Crippen LogP contribution in [-0.4, -0.2) is 17.0 Å². The third-order valence-corrected chi connectivity index (χ3v) is 4.25. The van der Waals surface area contributed by atoms with Crippen molar-refractivity contribution in [2.24, 2.45) is 0 Å². The third kappa shape index (κ3) is 6.39. The molecule has 150 valence electrons. The Balaban J connectivity index is 0.000000234. The number of anilines is 2. The summed E-state index contributed by atoms with van der Waals surface area (Å²) in [6.07, 6.45) is 0. The second kappa shape index (κ2) is 9.94. The number of esters is 1. The van der Waals surface area contributed by atoms with Gasteiger partial charge >= 0.3 is 11.9 Å². The number of carboxylic acids is 1. The summed E-state index contributed by atoms with van der Waals surface area (Å²) in [5, 5.41) is 8.54. The summed E-state index contributed by atoms with van der Waals surface area (Å²) in [5.74, 6) is -1.30. The highest BCUT2D eigenvalue weighted by molar-refractivity contribution is 5.90. The average Bonchev–Trinajstić information content (AvgIpc) is 2.71. The van der Waals surface area contributed by atoms with Gasteiger partial charge in [-0.3, -0.25) is 0 Å². The van der Waals surface area contributed by atoms with Crippen LogP contribution in [0.3, 0.4) is 0 Å². The van der Waals surface area contributed by atoms with E-state index in [2.05, 4.69) is 0 Å². The molecular formula is C23H24N2O4. The van der Waals surface area contributed by atoms with Gasteiger partial charge in [-0.25, -0.2) is 9.59 Å². The van der Waals surface area contributed by atoms with Crippen molar-refractivity contribution in [2.45, 2.75) is 20.5 Å². The lowest BCUT2D eigenvalue weighted by Crippen LogP contribution is -2.06. The molecule has 5 N–H and O–H groups in total. The summed E-state index contributed by atoms with van der Waals surface area (Å²) in [6, 6.07) is 19.4. The lowest BCUT2D eigenvalue weighted by Gasteiger charge is -2.06. The summed E-state index contributed by atoms with van der Waals surface area (Å²) in [7, 11) is 0. The van der Waals surface area contributed by atoms with Crippen LogP contribution in [0.4, 0.5) is 11.4 Å². The van der Waals surface area contributed by atoms with Crippen molar-refractivity contribution < 1.29 is 19.4 Å². The zero-order chi connectivity index (χ0) is 21.4. The van der Waals surface area contributed by atoms with E-state index < -0.39 is 5.97 Å². The molecule has 0 unspecified atom stereocenters. The zero-order valence-corrected chi connectivity index (χ0v) is 16.4. The Morgan fingerprint density at radius 3 is 1.86 bits per heavy atom. The summed E-state index contributed by atoms with van der Waals surface area (Å²) in [6.45, 7) is 4.00. The van der Waals surface area contributed by atoms with E-state index in [1.165, 1.54) is 12.1 Å².